The summed E-state index contributed by atoms with van der Waals surface area (Å²) in [5, 5.41) is 0. The summed E-state index contributed by atoms with van der Waals surface area (Å²) in [5.41, 5.74) is 5.94. The lowest BCUT2D eigenvalue weighted by Gasteiger charge is -2.10. The SMILES string of the molecule is COc1cc(F)c(C(=O)c2c(C)cccc2N)c(F)c1. The fourth-order valence-corrected chi connectivity index (χ4v) is 2.01. The van der Waals surface area contributed by atoms with Gasteiger partial charge in [-0.1, -0.05) is 12.1 Å². The van der Waals surface area contributed by atoms with Crippen LogP contribution in [0.25, 0.3) is 0 Å². The number of halogens is 2. The Morgan fingerprint density at radius 2 is 1.75 bits per heavy atom. The van der Waals surface area contributed by atoms with Crippen molar-refractivity contribution in [2.75, 3.05) is 12.8 Å². The number of nitrogen functional groups attached to an aromatic ring is 1. The monoisotopic (exact) mass is 277 g/mol. The molecule has 2 rings (SSSR count). The second kappa shape index (κ2) is 5.28. The number of nitrogens with two attached hydrogens (primary N) is 1. The zero-order valence-electron chi connectivity index (χ0n) is 11.0. The summed E-state index contributed by atoms with van der Waals surface area (Å²) >= 11 is 0. The highest BCUT2D eigenvalue weighted by atomic mass is 19.1. The smallest absolute Gasteiger partial charge is 0.201 e. The lowest BCUT2D eigenvalue weighted by Crippen LogP contribution is -2.12. The molecule has 0 heterocycles. The molecule has 0 bridgehead atoms. The number of rotatable bonds is 3. The second-order valence-corrected chi connectivity index (χ2v) is 4.33. The quantitative estimate of drug-likeness (QED) is 0.693. The number of ketones is 1. The molecule has 0 aromatic heterocycles. The third kappa shape index (κ3) is 2.34. The number of methoxy groups -OCH3 is 1. The average Bonchev–Trinajstić information content (AvgIpc) is 2.37. The molecule has 2 aromatic carbocycles. The van der Waals surface area contributed by atoms with Gasteiger partial charge in [0.1, 0.15) is 17.4 Å². The molecule has 0 aliphatic carbocycles. The van der Waals surface area contributed by atoms with E-state index in [0.717, 1.165) is 12.1 Å². The molecule has 0 radical (unpaired) electrons. The number of carbonyl (C=O) groups excluding carboxylic acids is 1. The second-order valence-electron chi connectivity index (χ2n) is 4.33. The Morgan fingerprint density at radius 1 is 1.15 bits per heavy atom. The number of ether oxygens (including phenoxy) is 1. The van der Waals surface area contributed by atoms with Gasteiger partial charge in [-0.3, -0.25) is 4.79 Å². The molecule has 0 amide bonds. The molecule has 2 N–H and O–H groups in total. The van der Waals surface area contributed by atoms with Crippen molar-refractivity contribution >= 4 is 11.5 Å². The van der Waals surface area contributed by atoms with Gasteiger partial charge in [0.2, 0.25) is 5.78 Å². The normalized spacial score (nSPS) is 10.4. The van der Waals surface area contributed by atoms with Crippen LogP contribution in [0.3, 0.4) is 0 Å². The summed E-state index contributed by atoms with van der Waals surface area (Å²) in [4.78, 5) is 12.3. The molecule has 0 saturated carbocycles. The Hall–Kier alpha value is -2.43. The van der Waals surface area contributed by atoms with Crippen molar-refractivity contribution in [1.82, 2.24) is 0 Å². The third-order valence-corrected chi connectivity index (χ3v) is 3.01. The van der Waals surface area contributed by atoms with Gasteiger partial charge in [0.05, 0.1) is 12.7 Å². The molecule has 20 heavy (non-hydrogen) atoms. The van der Waals surface area contributed by atoms with Crippen molar-refractivity contribution in [3.05, 3.63) is 58.7 Å². The van der Waals surface area contributed by atoms with Gasteiger partial charge in [0.25, 0.3) is 0 Å². The maximum absolute atomic E-state index is 13.9. The van der Waals surface area contributed by atoms with Gasteiger partial charge in [-0.2, -0.15) is 0 Å². The summed E-state index contributed by atoms with van der Waals surface area (Å²) in [7, 11) is 1.29. The Balaban J connectivity index is 2.60. The van der Waals surface area contributed by atoms with E-state index in [1.807, 2.05) is 0 Å². The Kier molecular flexibility index (Phi) is 3.70. The van der Waals surface area contributed by atoms with Crippen molar-refractivity contribution in [1.29, 1.82) is 0 Å². The van der Waals surface area contributed by atoms with E-state index in [0.29, 0.717) is 5.56 Å². The molecule has 0 aliphatic heterocycles. The van der Waals surface area contributed by atoms with Crippen molar-refractivity contribution in [2.45, 2.75) is 6.92 Å². The molecule has 104 valence electrons. The lowest BCUT2D eigenvalue weighted by atomic mass is 9.96. The van der Waals surface area contributed by atoms with E-state index in [4.69, 9.17) is 10.5 Å². The van der Waals surface area contributed by atoms with Crippen molar-refractivity contribution < 1.29 is 18.3 Å². The maximum Gasteiger partial charge on any atom is 0.201 e. The molecule has 2 aromatic rings. The van der Waals surface area contributed by atoms with Crippen molar-refractivity contribution in [3.8, 4) is 5.75 Å². The largest absolute Gasteiger partial charge is 0.497 e. The van der Waals surface area contributed by atoms with Crippen LogP contribution in [0.1, 0.15) is 21.5 Å². The Labute approximate surface area is 115 Å². The minimum atomic E-state index is -0.977. The summed E-state index contributed by atoms with van der Waals surface area (Å²) in [5.74, 6) is -2.73. The fourth-order valence-electron chi connectivity index (χ4n) is 2.01. The van der Waals surface area contributed by atoms with Gasteiger partial charge in [0, 0.05) is 23.4 Å². The van der Waals surface area contributed by atoms with E-state index in [-0.39, 0.29) is 17.0 Å². The number of aryl methyl sites for hydroxylation is 1. The number of anilines is 1. The molecule has 0 fully saturated rings. The summed E-state index contributed by atoms with van der Waals surface area (Å²) in [6.45, 7) is 1.66. The van der Waals surface area contributed by atoms with Crippen LogP contribution in [0.4, 0.5) is 14.5 Å². The zero-order chi connectivity index (χ0) is 14.9. The first-order valence-electron chi connectivity index (χ1n) is 5.88. The molecule has 0 spiro atoms. The van der Waals surface area contributed by atoms with Crippen LogP contribution in [0.15, 0.2) is 30.3 Å². The summed E-state index contributed by atoms with van der Waals surface area (Å²) < 4.78 is 32.6. The van der Waals surface area contributed by atoms with E-state index in [2.05, 4.69) is 0 Å². The van der Waals surface area contributed by atoms with E-state index in [1.165, 1.54) is 13.2 Å². The highest BCUT2D eigenvalue weighted by Gasteiger charge is 2.23. The average molecular weight is 277 g/mol. The number of benzene rings is 2. The number of hydrogen-bond donors (Lipinski definition) is 1. The van der Waals surface area contributed by atoms with Crippen LogP contribution in [0.5, 0.6) is 5.75 Å². The number of hydrogen-bond acceptors (Lipinski definition) is 3. The third-order valence-electron chi connectivity index (χ3n) is 3.01. The van der Waals surface area contributed by atoms with Gasteiger partial charge in [0.15, 0.2) is 0 Å². The Morgan fingerprint density at radius 3 is 2.25 bits per heavy atom. The molecular formula is C15H13F2NO2. The summed E-state index contributed by atoms with van der Waals surface area (Å²) in [6, 6.07) is 6.76. The molecule has 0 aliphatic rings. The van der Waals surface area contributed by atoms with Crippen LogP contribution in [0.2, 0.25) is 0 Å². The summed E-state index contributed by atoms with van der Waals surface area (Å²) in [6.07, 6.45) is 0. The first-order chi connectivity index (χ1) is 9.45. The van der Waals surface area contributed by atoms with E-state index < -0.39 is 23.0 Å². The van der Waals surface area contributed by atoms with Crippen LogP contribution < -0.4 is 10.5 Å². The van der Waals surface area contributed by atoms with Crippen molar-refractivity contribution in [2.24, 2.45) is 0 Å². The van der Waals surface area contributed by atoms with Gasteiger partial charge in [-0.25, -0.2) is 8.78 Å². The van der Waals surface area contributed by atoms with Crippen LogP contribution in [-0.4, -0.2) is 12.9 Å². The number of carbonyl (C=O) groups is 1. The molecular weight excluding hydrogens is 264 g/mol. The molecule has 0 unspecified atom stereocenters. The van der Waals surface area contributed by atoms with Crippen molar-refractivity contribution in [3.63, 3.8) is 0 Å². The van der Waals surface area contributed by atoms with Crippen LogP contribution in [-0.2, 0) is 0 Å². The highest BCUT2D eigenvalue weighted by Crippen LogP contribution is 2.26. The fraction of sp³-hybridized carbons (Fsp3) is 0.133. The van der Waals surface area contributed by atoms with Gasteiger partial charge in [-0.05, 0) is 18.6 Å². The minimum Gasteiger partial charge on any atom is -0.497 e. The first kappa shape index (κ1) is 14.0. The first-order valence-corrected chi connectivity index (χ1v) is 5.88. The zero-order valence-corrected chi connectivity index (χ0v) is 11.0. The van der Waals surface area contributed by atoms with Crippen LogP contribution >= 0.6 is 0 Å². The molecule has 0 atom stereocenters. The van der Waals surface area contributed by atoms with E-state index in [1.54, 1.807) is 19.1 Å². The van der Waals surface area contributed by atoms with E-state index in [9.17, 15) is 13.6 Å². The topological polar surface area (TPSA) is 52.3 Å². The van der Waals surface area contributed by atoms with Gasteiger partial charge >= 0.3 is 0 Å². The molecule has 3 nitrogen and oxygen atoms in total. The van der Waals surface area contributed by atoms with Crippen LogP contribution in [0, 0.1) is 18.6 Å². The highest BCUT2D eigenvalue weighted by molar-refractivity contribution is 6.13. The molecule has 0 saturated heterocycles. The predicted octanol–water partition coefficient (Wildman–Crippen LogP) is 3.10. The standard InChI is InChI=1S/C15H13F2NO2/c1-8-4-3-5-12(18)13(8)15(19)14-10(16)6-9(20-2)7-11(14)17/h3-7H,18H2,1-2H3. The predicted molar refractivity (Wildman–Crippen MR) is 71.9 cm³/mol. The van der Waals surface area contributed by atoms with E-state index >= 15 is 0 Å². The minimum absolute atomic E-state index is 0.00862. The Bertz CT molecular complexity index is 640. The van der Waals surface area contributed by atoms with Gasteiger partial charge < -0.3 is 10.5 Å². The maximum atomic E-state index is 13.9. The lowest BCUT2D eigenvalue weighted by molar-refractivity contribution is 0.103. The van der Waals surface area contributed by atoms with Gasteiger partial charge in [-0.15, -0.1) is 0 Å². The molecule has 5 heteroatoms.